The Kier molecular flexibility index (Phi) is 5.49. The van der Waals surface area contributed by atoms with Crippen molar-refractivity contribution in [3.8, 4) is 0 Å². The molecule has 0 aromatic rings. The first kappa shape index (κ1) is 20.4. The highest BCUT2D eigenvalue weighted by molar-refractivity contribution is 5.87. The predicted molar refractivity (Wildman–Crippen MR) is 83.7 cm³/mol. The van der Waals surface area contributed by atoms with Gasteiger partial charge in [-0.15, -0.1) is 0 Å². The van der Waals surface area contributed by atoms with E-state index in [1.807, 2.05) is 0 Å². The minimum atomic E-state index is -1.69. The average Bonchev–Trinajstić information content (AvgIpc) is 2.85. The number of hydrogen-bond donors (Lipinski definition) is 7. The summed E-state index contributed by atoms with van der Waals surface area (Å²) in [4.78, 5) is 11.4. The largest absolute Gasteiger partial charge is 0.478 e. The number of aliphatic hydroxyl groups is 6. The predicted octanol–water partition coefficient (Wildman–Crippen LogP) is -3.12. The third kappa shape index (κ3) is 3.45. The van der Waals surface area contributed by atoms with Gasteiger partial charge in [-0.2, -0.15) is 0 Å². The van der Waals surface area contributed by atoms with Gasteiger partial charge in [-0.1, -0.05) is 0 Å². The zero-order valence-corrected chi connectivity index (χ0v) is 14.5. The van der Waals surface area contributed by atoms with E-state index in [0.717, 1.165) is 6.26 Å². The molecular weight excluding hydrogens is 368 g/mol. The van der Waals surface area contributed by atoms with E-state index in [0.29, 0.717) is 0 Å². The van der Waals surface area contributed by atoms with Crippen LogP contribution in [0, 0.1) is 11.8 Å². The summed E-state index contributed by atoms with van der Waals surface area (Å²) in [5.41, 5.74) is -1.77. The number of carboxylic acid groups (broad SMARTS) is 1. The number of aliphatic hydroxyl groups excluding tert-OH is 5. The Balaban J connectivity index is 1.85. The van der Waals surface area contributed by atoms with E-state index in [9.17, 15) is 40.5 Å². The Hall–Kier alpha value is -1.31. The van der Waals surface area contributed by atoms with Crippen molar-refractivity contribution in [2.75, 3.05) is 6.61 Å². The third-order valence-electron chi connectivity index (χ3n) is 5.49. The van der Waals surface area contributed by atoms with E-state index in [-0.39, 0.29) is 12.0 Å². The van der Waals surface area contributed by atoms with Crippen molar-refractivity contribution in [3.05, 3.63) is 11.8 Å². The highest BCUT2D eigenvalue weighted by Gasteiger charge is 2.59. The summed E-state index contributed by atoms with van der Waals surface area (Å²) < 4.78 is 16.1. The molecule has 1 saturated heterocycles. The van der Waals surface area contributed by atoms with Crippen molar-refractivity contribution in [3.63, 3.8) is 0 Å². The molecule has 2 aliphatic heterocycles. The van der Waals surface area contributed by atoms with Crippen LogP contribution in [-0.2, 0) is 19.0 Å². The molecule has 0 aromatic carbocycles. The maximum atomic E-state index is 11.4. The maximum Gasteiger partial charge on any atom is 0.335 e. The van der Waals surface area contributed by atoms with Crippen LogP contribution in [0.3, 0.4) is 0 Å². The smallest absolute Gasteiger partial charge is 0.335 e. The fraction of sp³-hybridized carbons (Fsp3) is 0.812. The van der Waals surface area contributed by atoms with Crippen molar-refractivity contribution in [1.82, 2.24) is 0 Å². The lowest BCUT2D eigenvalue weighted by molar-refractivity contribution is -0.346. The molecule has 1 aliphatic carbocycles. The van der Waals surface area contributed by atoms with Gasteiger partial charge in [-0.05, 0) is 6.92 Å². The number of ether oxygens (including phenoxy) is 3. The van der Waals surface area contributed by atoms with Crippen LogP contribution in [-0.4, -0.2) is 97.0 Å². The molecule has 154 valence electrons. The summed E-state index contributed by atoms with van der Waals surface area (Å²) in [5, 5.41) is 69.2. The zero-order valence-electron chi connectivity index (χ0n) is 14.5. The molecule has 0 radical (unpaired) electrons. The Morgan fingerprint density at radius 3 is 2.48 bits per heavy atom. The molecule has 10 atom stereocenters. The van der Waals surface area contributed by atoms with Crippen LogP contribution in [0.1, 0.15) is 13.3 Å². The van der Waals surface area contributed by atoms with Crippen LogP contribution in [0.25, 0.3) is 0 Å². The van der Waals surface area contributed by atoms with Crippen molar-refractivity contribution in [2.45, 2.75) is 62.0 Å². The third-order valence-corrected chi connectivity index (χ3v) is 5.49. The molecular formula is C16H24O11. The van der Waals surface area contributed by atoms with E-state index in [1.54, 1.807) is 0 Å². The molecule has 2 heterocycles. The minimum Gasteiger partial charge on any atom is -0.478 e. The Labute approximate surface area is 154 Å². The molecule has 11 nitrogen and oxygen atoms in total. The Morgan fingerprint density at radius 2 is 1.89 bits per heavy atom. The number of carboxylic acids is 1. The molecule has 11 heteroatoms. The second-order valence-corrected chi connectivity index (χ2v) is 7.40. The van der Waals surface area contributed by atoms with Crippen LogP contribution in [0.4, 0.5) is 0 Å². The average molecular weight is 392 g/mol. The monoisotopic (exact) mass is 392 g/mol. The number of fused-ring (bicyclic) bond motifs is 1. The van der Waals surface area contributed by atoms with Gasteiger partial charge in [0.15, 0.2) is 6.29 Å². The minimum absolute atomic E-state index is 0.120. The van der Waals surface area contributed by atoms with Crippen LogP contribution in [0.15, 0.2) is 11.8 Å². The standard InChI is InChI=1S/C16H24O11/c1-16(24)2-6(18)8-5(13(22)23)4-25-14(9(8)16)27-15-12(21)11(20)10(19)7(3-17)26-15/h4,6-12,14-15,17-21,24H,2-3H2,1H3,(H,22,23)/t6-,7-,8+,9-,10-,11+,12+,14+,15+,16+/m1/s1. The molecule has 3 rings (SSSR count). The van der Waals surface area contributed by atoms with Gasteiger partial charge in [-0.25, -0.2) is 4.79 Å². The maximum absolute atomic E-state index is 11.4. The van der Waals surface area contributed by atoms with E-state index in [1.165, 1.54) is 6.92 Å². The fourth-order valence-corrected chi connectivity index (χ4v) is 4.10. The highest BCUT2D eigenvalue weighted by Crippen LogP contribution is 2.49. The second kappa shape index (κ2) is 7.26. The van der Waals surface area contributed by atoms with E-state index < -0.39 is 73.1 Å². The first-order valence-corrected chi connectivity index (χ1v) is 8.53. The summed E-state index contributed by atoms with van der Waals surface area (Å²) in [6.07, 6.45) is -9.34. The molecule has 1 saturated carbocycles. The molecule has 2 fully saturated rings. The first-order chi connectivity index (χ1) is 12.6. The summed E-state index contributed by atoms with van der Waals surface area (Å²) in [6, 6.07) is 0. The second-order valence-electron chi connectivity index (χ2n) is 7.40. The van der Waals surface area contributed by atoms with Crippen LogP contribution in [0.5, 0.6) is 0 Å². The normalized spacial score (nSPS) is 49.9. The SMILES string of the molecule is C[C@]1(O)C[C@@H](O)[C@@H]2C(C(=O)O)=CO[C@@H](O[C@@H]3O[C@H](CO)[C@@H](O)[C@H](O)[C@@H]3O)[C@@H]21. The van der Waals surface area contributed by atoms with Gasteiger partial charge in [0, 0.05) is 12.3 Å². The van der Waals surface area contributed by atoms with E-state index in [4.69, 9.17) is 14.2 Å². The number of carbonyl (C=O) groups is 1. The van der Waals surface area contributed by atoms with Gasteiger partial charge >= 0.3 is 5.97 Å². The molecule has 0 bridgehead atoms. The van der Waals surface area contributed by atoms with Crippen molar-refractivity contribution in [1.29, 1.82) is 0 Å². The Bertz CT molecular complexity index is 603. The number of aliphatic carboxylic acids is 1. The van der Waals surface area contributed by atoms with Gasteiger partial charge in [-0.3, -0.25) is 0 Å². The van der Waals surface area contributed by atoms with Crippen molar-refractivity contribution >= 4 is 5.97 Å². The zero-order chi connectivity index (χ0) is 20.1. The summed E-state index contributed by atoms with van der Waals surface area (Å²) in [6.45, 7) is 0.751. The van der Waals surface area contributed by atoms with Gasteiger partial charge in [0.05, 0.1) is 36.1 Å². The van der Waals surface area contributed by atoms with Crippen LogP contribution < -0.4 is 0 Å². The summed E-state index contributed by atoms with van der Waals surface area (Å²) in [5.74, 6) is -3.30. The van der Waals surface area contributed by atoms with Gasteiger partial charge < -0.3 is 50.0 Å². The van der Waals surface area contributed by atoms with Crippen LogP contribution >= 0.6 is 0 Å². The highest BCUT2D eigenvalue weighted by atomic mass is 16.8. The number of rotatable bonds is 4. The summed E-state index contributed by atoms with van der Waals surface area (Å²) in [7, 11) is 0. The van der Waals surface area contributed by atoms with E-state index in [2.05, 4.69) is 0 Å². The van der Waals surface area contributed by atoms with Crippen molar-refractivity contribution in [2.24, 2.45) is 11.8 Å². The molecule has 0 spiro atoms. The summed E-state index contributed by atoms with van der Waals surface area (Å²) >= 11 is 0. The quantitative estimate of drug-likeness (QED) is 0.256. The lowest BCUT2D eigenvalue weighted by Crippen LogP contribution is -2.60. The first-order valence-electron chi connectivity index (χ1n) is 8.53. The lowest BCUT2D eigenvalue weighted by atomic mass is 9.81. The van der Waals surface area contributed by atoms with E-state index >= 15 is 0 Å². The van der Waals surface area contributed by atoms with Gasteiger partial charge in [0.2, 0.25) is 6.29 Å². The molecule has 0 amide bonds. The molecule has 0 unspecified atom stereocenters. The van der Waals surface area contributed by atoms with Gasteiger partial charge in [0.1, 0.15) is 24.4 Å². The lowest BCUT2D eigenvalue weighted by Gasteiger charge is -2.44. The topological polar surface area (TPSA) is 186 Å². The fourth-order valence-electron chi connectivity index (χ4n) is 4.10. The molecule has 7 N–H and O–H groups in total. The Morgan fingerprint density at radius 1 is 1.22 bits per heavy atom. The molecule has 0 aromatic heterocycles. The number of hydrogen-bond acceptors (Lipinski definition) is 10. The van der Waals surface area contributed by atoms with Crippen molar-refractivity contribution < 1.29 is 54.8 Å². The van der Waals surface area contributed by atoms with Gasteiger partial charge in [0.25, 0.3) is 0 Å². The van der Waals surface area contributed by atoms with Crippen LogP contribution in [0.2, 0.25) is 0 Å². The molecule has 3 aliphatic rings. The molecule has 27 heavy (non-hydrogen) atoms.